The smallest absolute Gasteiger partial charge is 0.0384 e. The summed E-state index contributed by atoms with van der Waals surface area (Å²) >= 11 is 2.06. The molecule has 0 bridgehead atoms. The van der Waals surface area contributed by atoms with Gasteiger partial charge >= 0.3 is 0 Å². The van der Waals surface area contributed by atoms with Crippen LogP contribution in [0.25, 0.3) is 0 Å². The van der Waals surface area contributed by atoms with Crippen molar-refractivity contribution in [3.63, 3.8) is 0 Å². The summed E-state index contributed by atoms with van der Waals surface area (Å²) in [4.78, 5) is 0. The standard InChI is InChI=1S/C12H17NS/c1-9-4-5-12-11(8-9)10(2)14-7-3-6-13-12/h4-5,8,10,13H,3,6-7H2,1-2H3. The van der Waals surface area contributed by atoms with E-state index < -0.39 is 0 Å². The highest BCUT2D eigenvalue weighted by Gasteiger charge is 2.13. The molecular formula is C12H17NS. The van der Waals surface area contributed by atoms with Crippen LogP contribution in [0.2, 0.25) is 0 Å². The van der Waals surface area contributed by atoms with Crippen molar-refractivity contribution in [2.24, 2.45) is 0 Å². The predicted molar refractivity (Wildman–Crippen MR) is 65.2 cm³/mol. The molecule has 0 spiro atoms. The van der Waals surface area contributed by atoms with Crippen molar-refractivity contribution in [2.45, 2.75) is 25.5 Å². The maximum atomic E-state index is 3.51. The Morgan fingerprint density at radius 3 is 3.14 bits per heavy atom. The van der Waals surface area contributed by atoms with Gasteiger partial charge in [0.2, 0.25) is 0 Å². The molecule has 2 heteroatoms. The largest absolute Gasteiger partial charge is 0.385 e. The first-order valence-electron chi connectivity index (χ1n) is 5.23. The molecule has 1 unspecified atom stereocenters. The van der Waals surface area contributed by atoms with Gasteiger partial charge in [-0.15, -0.1) is 0 Å². The first-order chi connectivity index (χ1) is 6.77. The Balaban J connectivity index is 2.36. The highest BCUT2D eigenvalue weighted by atomic mass is 32.2. The number of anilines is 1. The van der Waals surface area contributed by atoms with Crippen LogP contribution in [0.4, 0.5) is 5.69 Å². The third-order valence-corrected chi connectivity index (χ3v) is 3.93. The molecule has 1 nitrogen and oxygen atoms in total. The lowest BCUT2D eigenvalue weighted by Crippen LogP contribution is -2.09. The van der Waals surface area contributed by atoms with E-state index in [9.17, 15) is 0 Å². The number of rotatable bonds is 0. The molecule has 0 aromatic heterocycles. The lowest BCUT2D eigenvalue weighted by molar-refractivity contribution is 0.955. The highest BCUT2D eigenvalue weighted by Crippen LogP contribution is 2.35. The summed E-state index contributed by atoms with van der Waals surface area (Å²) < 4.78 is 0. The lowest BCUT2D eigenvalue weighted by atomic mass is 10.1. The van der Waals surface area contributed by atoms with Crippen molar-refractivity contribution in [3.05, 3.63) is 29.3 Å². The summed E-state index contributed by atoms with van der Waals surface area (Å²) in [6.45, 7) is 5.57. The third-order valence-electron chi connectivity index (χ3n) is 2.65. The van der Waals surface area contributed by atoms with E-state index in [2.05, 4.69) is 49.1 Å². The van der Waals surface area contributed by atoms with E-state index in [1.165, 1.54) is 29.0 Å². The zero-order chi connectivity index (χ0) is 9.97. The normalized spacial score (nSPS) is 21.7. The predicted octanol–water partition coefficient (Wildman–Crippen LogP) is 3.60. The summed E-state index contributed by atoms with van der Waals surface area (Å²) in [6, 6.07) is 6.71. The van der Waals surface area contributed by atoms with Crippen LogP contribution in [0, 0.1) is 6.92 Å². The van der Waals surface area contributed by atoms with E-state index in [-0.39, 0.29) is 0 Å². The maximum absolute atomic E-state index is 3.51. The fourth-order valence-electron chi connectivity index (χ4n) is 1.82. The maximum Gasteiger partial charge on any atom is 0.0384 e. The molecule has 0 saturated carbocycles. The molecule has 0 fully saturated rings. The van der Waals surface area contributed by atoms with Crippen LogP contribution in [0.1, 0.15) is 29.7 Å². The minimum Gasteiger partial charge on any atom is -0.385 e. The molecule has 14 heavy (non-hydrogen) atoms. The summed E-state index contributed by atoms with van der Waals surface area (Å²) in [5.41, 5.74) is 4.16. The average Bonchev–Trinajstić information content (AvgIpc) is 2.16. The quantitative estimate of drug-likeness (QED) is 0.697. The third kappa shape index (κ3) is 2.06. The van der Waals surface area contributed by atoms with Crippen molar-refractivity contribution in [1.82, 2.24) is 0 Å². The number of aryl methyl sites for hydroxylation is 1. The van der Waals surface area contributed by atoms with E-state index >= 15 is 0 Å². The fraction of sp³-hybridized carbons (Fsp3) is 0.500. The van der Waals surface area contributed by atoms with Crippen LogP contribution in [-0.4, -0.2) is 12.3 Å². The van der Waals surface area contributed by atoms with Crippen molar-refractivity contribution >= 4 is 17.4 Å². The molecule has 1 aliphatic rings. The van der Waals surface area contributed by atoms with Gasteiger partial charge < -0.3 is 5.32 Å². The second kappa shape index (κ2) is 4.26. The van der Waals surface area contributed by atoms with Crippen LogP contribution >= 0.6 is 11.8 Å². The van der Waals surface area contributed by atoms with Gasteiger partial charge in [0.05, 0.1) is 0 Å². The van der Waals surface area contributed by atoms with Gasteiger partial charge in [-0.1, -0.05) is 17.7 Å². The molecule has 1 atom stereocenters. The SMILES string of the molecule is Cc1ccc2c(c1)C(C)SCCCN2. The summed E-state index contributed by atoms with van der Waals surface area (Å²) in [6.07, 6.45) is 1.27. The molecule has 1 aliphatic heterocycles. The molecule has 0 amide bonds. The van der Waals surface area contributed by atoms with E-state index in [0.29, 0.717) is 5.25 Å². The Labute approximate surface area is 90.3 Å². The first kappa shape index (κ1) is 9.91. The molecule has 1 N–H and O–H groups in total. The van der Waals surface area contributed by atoms with Gasteiger partial charge in [-0.3, -0.25) is 0 Å². The van der Waals surface area contributed by atoms with Crippen LogP contribution in [0.5, 0.6) is 0 Å². The zero-order valence-electron chi connectivity index (χ0n) is 8.84. The molecular weight excluding hydrogens is 190 g/mol. The Bertz CT molecular complexity index is 322. The van der Waals surface area contributed by atoms with E-state index in [4.69, 9.17) is 0 Å². The molecule has 0 radical (unpaired) electrons. The number of hydrogen-bond donors (Lipinski definition) is 1. The van der Waals surface area contributed by atoms with Crippen LogP contribution in [0.15, 0.2) is 18.2 Å². The number of hydrogen-bond acceptors (Lipinski definition) is 2. The van der Waals surface area contributed by atoms with Crippen LogP contribution in [-0.2, 0) is 0 Å². The van der Waals surface area contributed by atoms with Crippen molar-refractivity contribution in [1.29, 1.82) is 0 Å². The average molecular weight is 207 g/mol. The molecule has 1 aromatic rings. The second-order valence-electron chi connectivity index (χ2n) is 3.88. The molecule has 2 rings (SSSR count). The van der Waals surface area contributed by atoms with Gasteiger partial charge in [0.15, 0.2) is 0 Å². The minimum absolute atomic E-state index is 0.623. The second-order valence-corrected chi connectivity index (χ2v) is 5.33. The topological polar surface area (TPSA) is 12.0 Å². The van der Waals surface area contributed by atoms with E-state index in [0.717, 1.165) is 6.54 Å². The first-order valence-corrected chi connectivity index (χ1v) is 6.28. The van der Waals surface area contributed by atoms with E-state index in [1.54, 1.807) is 0 Å². The molecule has 76 valence electrons. The summed E-state index contributed by atoms with van der Waals surface area (Å²) in [5, 5.41) is 4.13. The number of fused-ring (bicyclic) bond motifs is 1. The van der Waals surface area contributed by atoms with Gasteiger partial charge in [-0.2, -0.15) is 11.8 Å². The molecule has 0 saturated heterocycles. The minimum atomic E-state index is 0.623. The van der Waals surface area contributed by atoms with Gasteiger partial charge in [-0.25, -0.2) is 0 Å². The van der Waals surface area contributed by atoms with Crippen LogP contribution < -0.4 is 5.32 Å². The number of benzene rings is 1. The van der Waals surface area contributed by atoms with Crippen molar-refractivity contribution in [3.8, 4) is 0 Å². The Kier molecular flexibility index (Phi) is 3.02. The summed E-state index contributed by atoms with van der Waals surface area (Å²) in [7, 11) is 0. The molecule has 0 aliphatic carbocycles. The zero-order valence-corrected chi connectivity index (χ0v) is 9.66. The summed E-state index contributed by atoms with van der Waals surface area (Å²) in [5.74, 6) is 1.27. The Morgan fingerprint density at radius 1 is 1.43 bits per heavy atom. The lowest BCUT2D eigenvalue weighted by Gasteiger charge is -2.21. The van der Waals surface area contributed by atoms with Gasteiger partial charge in [0.25, 0.3) is 0 Å². The van der Waals surface area contributed by atoms with Crippen molar-refractivity contribution in [2.75, 3.05) is 17.6 Å². The van der Waals surface area contributed by atoms with Crippen LogP contribution in [0.3, 0.4) is 0 Å². The fourth-order valence-corrected chi connectivity index (χ4v) is 2.86. The van der Waals surface area contributed by atoms with Gasteiger partial charge in [-0.05, 0) is 37.7 Å². The number of nitrogens with one attached hydrogen (secondary N) is 1. The van der Waals surface area contributed by atoms with E-state index in [1.807, 2.05) is 0 Å². The van der Waals surface area contributed by atoms with Gasteiger partial charge in [0.1, 0.15) is 0 Å². The molecule has 1 heterocycles. The monoisotopic (exact) mass is 207 g/mol. The molecule has 1 aromatic carbocycles. The number of thioether (sulfide) groups is 1. The highest BCUT2D eigenvalue weighted by molar-refractivity contribution is 7.99. The Morgan fingerprint density at radius 2 is 2.29 bits per heavy atom. The van der Waals surface area contributed by atoms with Gasteiger partial charge in [0, 0.05) is 17.5 Å². The Hall–Kier alpha value is -0.630. The van der Waals surface area contributed by atoms with Crippen molar-refractivity contribution < 1.29 is 0 Å².